The Balaban J connectivity index is 1.81. The van der Waals surface area contributed by atoms with Crippen LogP contribution in [0.1, 0.15) is 5.56 Å². The average molecular weight is 351 g/mol. The summed E-state index contributed by atoms with van der Waals surface area (Å²) in [6.07, 6.45) is 1.28. The molecule has 1 fully saturated rings. The molecule has 0 saturated carbocycles. The summed E-state index contributed by atoms with van der Waals surface area (Å²) in [7, 11) is 1.49. The Bertz CT molecular complexity index is 864. The molecule has 0 radical (unpaired) electrons. The van der Waals surface area contributed by atoms with Crippen LogP contribution >= 0.6 is 0 Å². The highest BCUT2D eigenvalue weighted by molar-refractivity contribution is 6.32. The van der Waals surface area contributed by atoms with Crippen LogP contribution in [0.25, 0.3) is 0 Å². The molecular formula is C19H17N3O4. The summed E-state index contributed by atoms with van der Waals surface area (Å²) in [6, 6.07) is 15.1. The number of barbiturate groups is 1. The first-order valence-electron chi connectivity index (χ1n) is 7.97. The lowest BCUT2D eigenvalue weighted by Gasteiger charge is -2.28. The number of nitrogens with one attached hydrogen (secondary N) is 1. The summed E-state index contributed by atoms with van der Waals surface area (Å²) in [5.74, 6) is -2.00. The number of aliphatic imine (C=N–C) groups is 1. The van der Waals surface area contributed by atoms with E-state index in [1.807, 2.05) is 30.3 Å². The van der Waals surface area contributed by atoms with E-state index in [0.29, 0.717) is 18.0 Å². The predicted octanol–water partition coefficient (Wildman–Crippen LogP) is 2.17. The molecule has 1 saturated heterocycles. The lowest BCUT2D eigenvalue weighted by Crippen LogP contribution is -2.58. The molecule has 1 aliphatic heterocycles. The van der Waals surface area contributed by atoms with E-state index in [1.165, 1.54) is 13.3 Å². The lowest BCUT2D eigenvalue weighted by atomic mass is 10.1. The highest BCUT2D eigenvalue weighted by Gasteiger charge is 2.40. The third-order valence-corrected chi connectivity index (χ3v) is 3.88. The molecule has 1 aliphatic rings. The summed E-state index contributed by atoms with van der Waals surface area (Å²) in [5.41, 5.74) is 1.27. The Kier molecular flexibility index (Phi) is 5.07. The van der Waals surface area contributed by atoms with Crippen molar-refractivity contribution in [3.05, 3.63) is 60.2 Å². The van der Waals surface area contributed by atoms with Crippen molar-refractivity contribution in [2.75, 3.05) is 12.0 Å². The first kappa shape index (κ1) is 17.3. The van der Waals surface area contributed by atoms with Crippen molar-refractivity contribution in [2.24, 2.45) is 10.9 Å². The van der Waals surface area contributed by atoms with Gasteiger partial charge in [-0.25, -0.2) is 9.69 Å². The SMILES string of the molecule is COc1cccc(N2C(=O)NC(=O)[C@@H](C=NCc3ccccc3)C2=O)c1. The van der Waals surface area contributed by atoms with Gasteiger partial charge in [0.1, 0.15) is 5.75 Å². The monoisotopic (exact) mass is 351 g/mol. The summed E-state index contributed by atoms with van der Waals surface area (Å²) in [5, 5.41) is 2.19. The van der Waals surface area contributed by atoms with Crippen LogP contribution in [0, 0.1) is 5.92 Å². The molecule has 7 heteroatoms. The van der Waals surface area contributed by atoms with E-state index in [1.54, 1.807) is 24.3 Å². The van der Waals surface area contributed by atoms with E-state index >= 15 is 0 Å². The van der Waals surface area contributed by atoms with Gasteiger partial charge < -0.3 is 4.74 Å². The van der Waals surface area contributed by atoms with Gasteiger partial charge in [-0.1, -0.05) is 36.4 Å². The molecule has 2 aromatic carbocycles. The number of hydrogen-bond donors (Lipinski definition) is 1. The maximum Gasteiger partial charge on any atom is 0.335 e. The van der Waals surface area contributed by atoms with Crippen LogP contribution in [0.3, 0.4) is 0 Å². The Morgan fingerprint density at radius 3 is 2.62 bits per heavy atom. The topological polar surface area (TPSA) is 88.1 Å². The number of anilines is 1. The summed E-state index contributed by atoms with van der Waals surface area (Å²) in [4.78, 5) is 42.0. The molecule has 1 atom stereocenters. The molecule has 2 aromatic rings. The molecular weight excluding hydrogens is 334 g/mol. The second kappa shape index (κ2) is 7.60. The molecule has 0 aromatic heterocycles. The highest BCUT2D eigenvalue weighted by Crippen LogP contribution is 2.24. The second-order valence-corrected chi connectivity index (χ2v) is 5.62. The number of benzene rings is 2. The zero-order chi connectivity index (χ0) is 18.5. The van der Waals surface area contributed by atoms with Crippen LogP contribution in [-0.2, 0) is 16.1 Å². The Labute approximate surface area is 150 Å². The number of carbonyl (C=O) groups excluding carboxylic acids is 3. The molecule has 1 heterocycles. The van der Waals surface area contributed by atoms with Crippen LogP contribution in [0.2, 0.25) is 0 Å². The van der Waals surface area contributed by atoms with Gasteiger partial charge in [-0.15, -0.1) is 0 Å². The first-order valence-corrected chi connectivity index (χ1v) is 7.97. The number of amides is 4. The van der Waals surface area contributed by atoms with Crippen molar-refractivity contribution in [3.63, 3.8) is 0 Å². The van der Waals surface area contributed by atoms with E-state index in [9.17, 15) is 14.4 Å². The molecule has 132 valence electrons. The van der Waals surface area contributed by atoms with Crippen molar-refractivity contribution in [2.45, 2.75) is 6.54 Å². The van der Waals surface area contributed by atoms with Gasteiger partial charge in [0.05, 0.1) is 19.3 Å². The molecule has 26 heavy (non-hydrogen) atoms. The second-order valence-electron chi connectivity index (χ2n) is 5.62. The van der Waals surface area contributed by atoms with Crippen LogP contribution in [-0.4, -0.2) is 31.2 Å². The fraction of sp³-hybridized carbons (Fsp3) is 0.158. The average Bonchev–Trinajstić information content (AvgIpc) is 2.65. The number of urea groups is 1. The number of nitrogens with zero attached hydrogens (tertiary/aromatic N) is 2. The minimum Gasteiger partial charge on any atom is -0.497 e. The van der Waals surface area contributed by atoms with Gasteiger partial charge in [0.2, 0.25) is 5.91 Å². The van der Waals surface area contributed by atoms with Crippen LogP contribution in [0.15, 0.2) is 59.6 Å². The third kappa shape index (κ3) is 3.61. The van der Waals surface area contributed by atoms with Gasteiger partial charge in [-0.05, 0) is 17.7 Å². The molecule has 7 nitrogen and oxygen atoms in total. The maximum atomic E-state index is 12.7. The molecule has 0 spiro atoms. The quantitative estimate of drug-likeness (QED) is 0.660. The fourth-order valence-corrected chi connectivity index (χ4v) is 2.56. The molecule has 0 aliphatic carbocycles. The van der Waals surface area contributed by atoms with E-state index in [-0.39, 0.29) is 0 Å². The van der Waals surface area contributed by atoms with E-state index < -0.39 is 23.8 Å². The van der Waals surface area contributed by atoms with Gasteiger partial charge in [0.25, 0.3) is 5.91 Å². The Hall–Kier alpha value is -3.48. The first-order chi connectivity index (χ1) is 12.6. The van der Waals surface area contributed by atoms with Crippen molar-refractivity contribution in [1.82, 2.24) is 5.32 Å². The van der Waals surface area contributed by atoms with Gasteiger partial charge in [-0.2, -0.15) is 0 Å². The predicted molar refractivity (Wildman–Crippen MR) is 96.1 cm³/mol. The van der Waals surface area contributed by atoms with Crippen molar-refractivity contribution >= 4 is 29.7 Å². The minimum absolute atomic E-state index is 0.320. The molecule has 0 unspecified atom stereocenters. The number of carbonyl (C=O) groups is 3. The molecule has 4 amide bonds. The van der Waals surface area contributed by atoms with Gasteiger partial charge in [-0.3, -0.25) is 19.9 Å². The van der Waals surface area contributed by atoms with E-state index in [2.05, 4.69) is 10.3 Å². The van der Waals surface area contributed by atoms with Gasteiger partial charge >= 0.3 is 6.03 Å². The lowest BCUT2D eigenvalue weighted by molar-refractivity contribution is -0.131. The standard InChI is InChI=1S/C19H17N3O4/c1-26-15-9-5-8-14(10-15)22-18(24)16(17(23)21-19(22)25)12-20-11-13-6-3-2-4-7-13/h2-10,12,16H,11H2,1H3,(H,21,23,25)/t16-/m1/s1. The van der Waals surface area contributed by atoms with Crippen LogP contribution in [0.5, 0.6) is 5.75 Å². The molecule has 0 bridgehead atoms. The number of imide groups is 2. The van der Waals surface area contributed by atoms with Crippen LogP contribution < -0.4 is 15.0 Å². The maximum absolute atomic E-state index is 12.7. The smallest absolute Gasteiger partial charge is 0.335 e. The summed E-state index contributed by atoms with van der Waals surface area (Å²) >= 11 is 0. The Morgan fingerprint density at radius 2 is 1.88 bits per heavy atom. The number of rotatable bonds is 5. The van der Waals surface area contributed by atoms with Gasteiger partial charge in [0, 0.05) is 12.3 Å². The number of hydrogen-bond acceptors (Lipinski definition) is 5. The van der Waals surface area contributed by atoms with Crippen molar-refractivity contribution in [3.8, 4) is 5.75 Å². The Morgan fingerprint density at radius 1 is 1.12 bits per heavy atom. The molecule has 1 N–H and O–H groups in total. The van der Waals surface area contributed by atoms with Crippen LogP contribution in [0.4, 0.5) is 10.5 Å². The van der Waals surface area contributed by atoms with Crippen molar-refractivity contribution in [1.29, 1.82) is 0 Å². The van der Waals surface area contributed by atoms with Crippen molar-refractivity contribution < 1.29 is 19.1 Å². The minimum atomic E-state index is -1.16. The summed E-state index contributed by atoms with van der Waals surface area (Å²) in [6.45, 7) is 0.338. The number of methoxy groups -OCH3 is 1. The van der Waals surface area contributed by atoms with Gasteiger partial charge in [0.15, 0.2) is 5.92 Å². The molecule has 3 rings (SSSR count). The zero-order valence-electron chi connectivity index (χ0n) is 14.1. The fourth-order valence-electron chi connectivity index (χ4n) is 2.56. The third-order valence-electron chi connectivity index (χ3n) is 3.88. The zero-order valence-corrected chi connectivity index (χ0v) is 14.1. The summed E-state index contributed by atoms with van der Waals surface area (Å²) < 4.78 is 5.12. The number of ether oxygens (including phenoxy) is 1. The largest absolute Gasteiger partial charge is 0.497 e. The normalized spacial score (nSPS) is 17.5. The highest BCUT2D eigenvalue weighted by atomic mass is 16.5. The van der Waals surface area contributed by atoms with E-state index in [4.69, 9.17) is 4.74 Å². The van der Waals surface area contributed by atoms with E-state index in [0.717, 1.165) is 10.5 Å².